The highest BCUT2D eigenvalue weighted by molar-refractivity contribution is 7.71. The van der Waals surface area contributed by atoms with Gasteiger partial charge in [0, 0.05) is 0 Å². The largest absolute Gasteiger partial charge is 0.495 e. The molecule has 3 aromatic rings. The van der Waals surface area contributed by atoms with Crippen molar-refractivity contribution < 1.29 is 9.53 Å². The van der Waals surface area contributed by atoms with E-state index < -0.39 is 6.04 Å². The molecule has 0 unspecified atom stereocenters. The molecule has 0 saturated heterocycles. The maximum absolute atomic E-state index is 12.8. The highest BCUT2D eigenvalue weighted by Crippen LogP contribution is 2.28. The summed E-state index contributed by atoms with van der Waals surface area (Å²) in [6.07, 6.45) is 0. The van der Waals surface area contributed by atoms with Crippen LogP contribution < -0.4 is 10.1 Å². The van der Waals surface area contributed by atoms with Gasteiger partial charge >= 0.3 is 0 Å². The van der Waals surface area contributed by atoms with Crippen LogP contribution in [0.1, 0.15) is 18.5 Å². The number of methoxy groups -OCH3 is 1. The number of anilines is 1. The van der Waals surface area contributed by atoms with E-state index in [0.717, 1.165) is 10.4 Å². The molecule has 3 rings (SSSR count). The molecule has 0 bridgehead atoms. The third kappa shape index (κ3) is 3.49. The fraction of sp³-hybridized carbons (Fsp3) is 0.235. The van der Waals surface area contributed by atoms with Gasteiger partial charge in [-0.2, -0.15) is 5.10 Å². The predicted molar refractivity (Wildman–Crippen MR) is 102 cm³/mol. The lowest BCUT2D eigenvalue weighted by molar-refractivity contribution is -0.118. The molecule has 0 aliphatic heterocycles. The Morgan fingerprint density at radius 2 is 2.24 bits per heavy atom. The Bertz CT molecular complexity index is 944. The van der Waals surface area contributed by atoms with E-state index in [-0.39, 0.29) is 5.91 Å². The highest BCUT2D eigenvalue weighted by atomic mass is 32.1. The number of ether oxygens (including phenoxy) is 1. The van der Waals surface area contributed by atoms with Crippen molar-refractivity contribution >= 4 is 35.1 Å². The number of aromatic nitrogens is 3. The first-order chi connectivity index (χ1) is 12.0. The Balaban J connectivity index is 1.91. The van der Waals surface area contributed by atoms with Crippen LogP contribution in [0.15, 0.2) is 35.7 Å². The molecule has 1 aromatic carbocycles. The van der Waals surface area contributed by atoms with Crippen LogP contribution in [-0.4, -0.2) is 27.8 Å². The zero-order valence-corrected chi connectivity index (χ0v) is 15.7. The molecule has 6 nitrogen and oxygen atoms in total. The van der Waals surface area contributed by atoms with Crippen LogP contribution in [-0.2, 0) is 4.79 Å². The number of aromatic amines is 1. The summed E-state index contributed by atoms with van der Waals surface area (Å²) in [7, 11) is 1.57. The molecule has 0 aliphatic carbocycles. The Morgan fingerprint density at radius 1 is 1.44 bits per heavy atom. The van der Waals surface area contributed by atoms with E-state index in [9.17, 15) is 4.79 Å². The second-order valence-electron chi connectivity index (χ2n) is 5.57. The van der Waals surface area contributed by atoms with Gasteiger partial charge < -0.3 is 10.1 Å². The van der Waals surface area contributed by atoms with Gasteiger partial charge in [-0.05, 0) is 55.2 Å². The number of hydrogen-bond donors (Lipinski definition) is 2. The molecule has 0 saturated carbocycles. The topological polar surface area (TPSA) is 71.9 Å². The fourth-order valence-electron chi connectivity index (χ4n) is 2.52. The van der Waals surface area contributed by atoms with E-state index in [1.807, 2.05) is 42.6 Å². The molecule has 8 heteroatoms. The molecule has 1 atom stereocenters. The number of H-pyrrole nitrogens is 1. The first kappa shape index (κ1) is 17.4. The summed E-state index contributed by atoms with van der Waals surface area (Å²) in [5, 5.41) is 11.9. The summed E-state index contributed by atoms with van der Waals surface area (Å²) in [5.41, 5.74) is 1.66. The summed E-state index contributed by atoms with van der Waals surface area (Å²) in [6.45, 7) is 3.75. The fourth-order valence-corrected chi connectivity index (χ4v) is 3.52. The van der Waals surface area contributed by atoms with E-state index >= 15 is 0 Å². The minimum Gasteiger partial charge on any atom is -0.495 e. The second kappa shape index (κ2) is 7.20. The number of nitrogens with zero attached hydrogens (tertiary/aromatic N) is 2. The van der Waals surface area contributed by atoms with E-state index in [0.29, 0.717) is 22.0 Å². The van der Waals surface area contributed by atoms with Crippen LogP contribution in [0.3, 0.4) is 0 Å². The Kier molecular flexibility index (Phi) is 5.00. The van der Waals surface area contributed by atoms with Crippen LogP contribution in [0.2, 0.25) is 0 Å². The standard InChI is InChI=1S/C17H18N4O2S2/c1-10-6-7-13(23-3)12(9-10)18-16(22)11(2)21-15(19-20-17(21)24)14-5-4-8-25-14/h4-9,11H,1-3H3,(H,18,22)(H,20,24)/t11-/m1/s1. The molecule has 2 heterocycles. The summed E-state index contributed by atoms with van der Waals surface area (Å²) < 4.78 is 7.44. The minimum atomic E-state index is -0.534. The monoisotopic (exact) mass is 374 g/mol. The molecule has 2 aromatic heterocycles. The third-order valence-electron chi connectivity index (χ3n) is 3.83. The number of carbonyl (C=O) groups excluding carboxylic acids is 1. The SMILES string of the molecule is COc1ccc(C)cc1NC(=O)[C@@H](C)n1c(-c2cccs2)n[nH]c1=S. The number of hydrogen-bond acceptors (Lipinski definition) is 5. The first-order valence-corrected chi connectivity index (χ1v) is 8.96. The number of aryl methyl sites for hydroxylation is 1. The van der Waals surface area contributed by atoms with Crippen molar-refractivity contribution in [2.75, 3.05) is 12.4 Å². The van der Waals surface area contributed by atoms with Crippen molar-refractivity contribution in [3.63, 3.8) is 0 Å². The van der Waals surface area contributed by atoms with E-state index in [2.05, 4.69) is 15.5 Å². The van der Waals surface area contributed by atoms with Crippen LogP contribution in [0, 0.1) is 11.7 Å². The van der Waals surface area contributed by atoms with Crippen molar-refractivity contribution in [3.05, 3.63) is 46.0 Å². The normalized spacial score (nSPS) is 12.0. The van der Waals surface area contributed by atoms with Crippen molar-refractivity contribution in [3.8, 4) is 16.5 Å². The van der Waals surface area contributed by atoms with Crippen LogP contribution in [0.4, 0.5) is 5.69 Å². The average Bonchev–Trinajstić information content (AvgIpc) is 3.23. The molecule has 0 aliphatic rings. The Hall–Kier alpha value is -2.45. The van der Waals surface area contributed by atoms with Crippen LogP contribution in [0.25, 0.3) is 10.7 Å². The van der Waals surface area contributed by atoms with Gasteiger partial charge in [-0.15, -0.1) is 11.3 Å². The zero-order chi connectivity index (χ0) is 18.0. The van der Waals surface area contributed by atoms with Crippen molar-refractivity contribution in [2.24, 2.45) is 0 Å². The minimum absolute atomic E-state index is 0.195. The van der Waals surface area contributed by atoms with E-state index in [1.54, 1.807) is 29.9 Å². The third-order valence-corrected chi connectivity index (χ3v) is 4.98. The molecular weight excluding hydrogens is 356 g/mol. The maximum Gasteiger partial charge on any atom is 0.247 e. The highest BCUT2D eigenvalue weighted by Gasteiger charge is 2.22. The smallest absolute Gasteiger partial charge is 0.247 e. The van der Waals surface area contributed by atoms with Gasteiger partial charge in [0.25, 0.3) is 0 Å². The second-order valence-corrected chi connectivity index (χ2v) is 6.90. The van der Waals surface area contributed by atoms with Gasteiger partial charge in [-0.1, -0.05) is 12.1 Å². The number of amides is 1. The van der Waals surface area contributed by atoms with Gasteiger partial charge in [0.05, 0.1) is 17.7 Å². The molecule has 25 heavy (non-hydrogen) atoms. The number of thiophene rings is 1. The van der Waals surface area contributed by atoms with Crippen LogP contribution in [0.5, 0.6) is 5.75 Å². The molecule has 0 radical (unpaired) electrons. The number of benzene rings is 1. The zero-order valence-electron chi connectivity index (χ0n) is 14.1. The number of nitrogens with one attached hydrogen (secondary N) is 2. The molecule has 0 spiro atoms. The van der Waals surface area contributed by atoms with Gasteiger partial charge in [-0.25, -0.2) is 0 Å². The van der Waals surface area contributed by atoms with Crippen molar-refractivity contribution in [2.45, 2.75) is 19.9 Å². The molecular formula is C17H18N4O2S2. The quantitative estimate of drug-likeness (QED) is 0.657. The molecule has 0 fully saturated rings. The summed E-state index contributed by atoms with van der Waals surface area (Å²) in [4.78, 5) is 13.7. The van der Waals surface area contributed by atoms with Crippen molar-refractivity contribution in [1.82, 2.24) is 14.8 Å². The molecule has 2 N–H and O–H groups in total. The van der Waals surface area contributed by atoms with Gasteiger partial charge in [0.2, 0.25) is 5.91 Å². The first-order valence-electron chi connectivity index (χ1n) is 7.67. The number of carbonyl (C=O) groups is 1. The maximum atomic E-state index is 12.8. The van der Waals surface area contributed by atoms with E-state index in [4.69, 9.17) is 17.0 Å². The lowest BCUT2D eigenvalue weighted by atomic mass is 10.2. The Morgan fingerprint density at radius 3 is 2.92 bits per heavy atom. The summed E-state index contributed by atoms with van der Waals surface area (Å²) >= 11 is 6.86. The average molecular weight is 374 g/mol. The van der Waals surface area contributed by atoms with Crippen molar-refractivity contribution in [1.29, 1.82) is 0 Å². The molecule has 1 amide bonds. The predicted octanol–water partition coefficient (Wildman–Crippen LogP) is 4.19. The van der Waals surface area contributed by atoms with Gasteiger partial charge in [0.15, 0.2) is 10.6 Å². The number of rotatable bonds is 5. The van der Waals surface area contributed by atoms with Crippen LogP contribution >= 0.6 is 23.6 Å². The molecule has 130 valence electrons. The summed E-state index contributed by atoms with van der Waals surface area (Å²) in [5.74, 6) is 1.07. The lowest BCUT2D eigenvalue weighted by Crippen LogP contribution is -2.24. The van der Waals surface area contributed by atoms with Gasteiger partial charge in [0.1, 0.15) is 11.8 Å². The van der Waals surface area contributed by atoms with E-state index in [1.165, 1.54) is 0 Å². The summed E-state index contributed by atoms with van der Waals surface area (Å²) in [6, 6.07) is 8.98. The lowest BCUT2D eigenvalue weighted by Gasteiger charge is -2.17. The Labute approximate surface area is 154 Å². The van der Waals surface area contributed by atoms with Gasteiger partial charge in [-0.3, -0.25) is 14.5 Å².